The van der Waals surface area contributed by atoms with Gasteiger partial charge in [-0.05, 0) is 19.8 Å². The van der Waals surface area contributed by atoms with Crippen LogP contribution in [0, 0.1) is 0 Å². The molecule has 4 nitrogen and oxygen atoms in total. The molecule has 0 aromatic carbocycles. The minimum absolute atomic E-state index is 0.133. The van der Waals surface area contributed by atoms with Gasteiger partial charge in [-0.3, -0.25) is 9.59 Å². The van der Waals surface area contributed by atoms with Gasteiger partial charge in [-0.15, -0.1) is 0 Å². The molecule has 4 heteroatoms. The molecule has 1 unspecified atom stereocenters. The van der Waals surface area contributed by atoms with E-state index in [1.54, 1.807) is 0 Å². The highest BCUT2D eigenvalue weighted by atomic mass is 16.6. The maximum absolute atomic E-state index is 11.8. The summed E-state index contributed by atoms with van der Waals surface area (Å²) in [6.07, 6.45) is 15.3. The third-order valence-corrected chi connectivity index (χ3v) is 4.59. The lowest BCUT2D eigenvalue weighted by Gasteiger charge is -2.13. The van der Waals surface area contributed by atoms with Crippen LogP contribution >= 0.6 is 0 Å². The molecular weight excluding hydrogens is 328 g/mol. The summed E-state index contributed by atoms with van der Waals surface area (Å²) in [6, 6.07) is 0. The molecule has 0 rings (SSSR count). The number of hydrogen-bond donors (Lipinski definition) is 0. The average Bonchev–Trinajstić information content (AvgIpc) is 2.61. The summed E-state index contributed by atoms with van der Waals surface area (Å²) in [5.74, 6) is -0.266. The van der Waals surface area contributed by atoms with E-state index in [2.05, 4.69) is 13.8 Å². The summed E-state index contributed by atoms with van der Waals surface area (Å²) in [5.41, 5.74) is 0. The van der Waals surface area contributed by atoms with Gasteiger partial charge in [0.05, 0.1) is 6.61 Å². The summed E-state index contributed by atoms with van der Waals surface area (Å²) in [7, 11) is 0. The largest absolute Gasteiger partial charge is 0.466 e. The first-order chi connectivity index (χ1) is 12.6. The Morgan fingerprint density at radius 1 is 0.692 bits per heavy atom. The highest BCUT2D eigenvalue weighted by Gasteiger charge is 2.10. The minimum Gasteiger partial charge on any atom is -0.466 e. The van der Waals surface area contributed by atoms with Crippen LogP contribution in [0.15, 0.2) is 0 Å². The van der Waals surface area contributed by atoms with Crippen molar-refractivity contribution in [3.63, 3.8) is 0 Å². The Hall–Kier alpha value is -1.06. The molecule has 0 bridgehead atoms. The molecule has 0 saturated carbocycles. The molecule has 26 heavy (non-hydrogen) atoms. The Kier molecular flexibility index (Phi) is 18.0. The summed E-state index contributed by atoms with van der Waals surface area (Å²) in [5, 5.41) is 0. The van der Waals surface area contributed by atoms with Crippen molar-refractivity contribution in [2.45, 2.75) is 123 Å². The third kappa shape index (κ3) is 17.8. The minimum atomic E-state index is -0.190. The van der Waals surface area contributed by atoms with Crippen LogP contribution in [0.5, 0.6) is 0 Å². The predicted molar refractivity (Wildman–Crippen MR) is 107 cm³/mol. The molecule has 1 atom stereocenters. The molecule has 0 amide bonds. The highest BCUT2D eigenvalue weighted by molar-refractivity contribution is 5.69. The second-order valence-electron chi connectivity index (χ2n) is 7.35. The van der Waals surface area contributed by atoms with Crippen molar-refractivity contribution >= 4 is 11.9 Å². The zero-order valence-electron chi connectivity index (χ0n) is 17.5. The van der Waals surface area contributed by atoms with E-state index in [-0.39, 0.29) is 18.0 Å². The van der Waals surface area contributed by atoms with Gasteiger partial charge in [0.1, 0.15) is 6.10 Å². The predicted octanol–water partition coefficient (Wildman–Crippen LogP) is 6.35. The highest BCUT2D eigenvalue weighted by Crippen LogP contribution is 2.10. The van der Waals surface area contributed by atoms with Crippen molar-refractivity contribution in [2.24, 2.45) is 0 Å². The first-order valence-corrected chi connectivity index (χ1v) is 10.9. The van der Waals surface area contributed by atoms with Crippen LogP contribution in [0.4, 0.5) is 0 Å². The molecule has 0 radical (unpaired) electrons. The molecule has 0 aromatic rings. The fourth-order valence-corrected chi connectivity index (χ4v) is 2.85. The lowest BCUT2D eigenvalue weighted by molar-refractivity contribution is -0.150. The van der Waals surface area contributed by atoms with Crippen LogP contribution in [0.3, 0.4) is 0 Å². The van der Waals surface area contributed by atoms with Gasteiger partial charge in [0.15, 0.2) is 0 Å². The Bertz CT molecular complexity index is 341. The Morgan fingerprint density at radius 3 is 1.69 bits per heavy atom. The van der Waals surface area contributed by atoms with Gasteiger partial charge in [-0.25, -0.2) is 0 Å². The third-order valence-electron chi connectivity index (χ3n) is 4.59. The SMILES string of the molecule is CCCCCCCCC(=O)OCCC(C)OC(=O)CCCCCCCC. The summed E-state index contributed by atoms with van der Waals surface area (Å²) < 4.78 is 10.6. The lowest BCUT2D eigenvalue weighted by atomic mass is 10.1. The van der Waals surface area contributed by atoms with E-state index in [0.29, 0.717) is 25.9 Å². The molecule has 0 saturated heterocycles. The van der Waals surface area contributed by atoms with E-state index >= 15 is 0 Å². The molecule has 0 aliphatic rings. The number of carbonyl (C=O) groups excluding carboxylic acids is 2. The Morgan fingerprint density at radius 2 is 1.15 bits per heavy atom. The molecule has 0 fully saturated rings. The van der Waals surface area contributed by atoms with E-state index in [9.17, 15) is 9.59 Å². The van der Waals surface area contributed by atoms with Crippen molar-refractivity contribution in [3.8, 4) is 0 Å². The van der Waals surface area contributed by atoms with Crippen molar-refractivity contribution in [1.29, 1.82) is 0 Å². The quantitative estimate of drug-likeness (QED) is 0.208. The van der Waals surface area contributed by atoms with Crippen LogP contribution in [0.2, 0.25) is 0 Å². The molecule has 0 heterocycles. The molecule has 0 N–H and O–H groups in total. The van der Waals surface area contributed by atoms with Gasteiger partial charge >= 0.3 is 11.9 Å². The molecule has 154 valence electrons. The maximum atomic E-state index is 11.8. The monoisotopic (exact) mass is 370 g/mol. The van der Waals surface area contributed by atoms with Crippen molar-refractivity contribution in [3.05, 3.63) is 0 Å². The fraction of sp³-hybridized carbons (Fsp3) is 0.909. The van der Waals surface area contributed by atoms with Crippen LogP contribution in [0.25, 0.3) is 0 Å². The van der Waals surface area contributed by atoms with Gasteiger partial charge < -0.3 is 9.47 Å². The molecule has 0 aromatic heterocycles. The first kappa shape index (κ1) is 24.9. The van der Waals surface area contributed by atoms with E-state index in [1.165, 1.54) is 51.4 Å². The molecule has 0 spiro atoms. The second kappa shape index (κ2) is 18.7. The second-order valence-corrected chi connectivity index (χ2v) is 7.35. The first-order valence-electron chi connectivity index (χ1n) is 10.9. The summed E-state index contributed by atoms with van der Waals surface area (Å²) in [6.45, 7) is 6.59. The standard InChI is InChI=1S/C22H42O4/c1-4-6-8-10-12-14-16-21(23)25-19-18-20(3)26-22(24)17-15-13-11-9-7-5-2/h20H,4-19H2,1-3H3. The maximum Gasteiger partial charge on any atom is 0.306 e. The smallest absolute Gasteiger partial charge is 0.306 e. The van der Waals surface area contributed by atoms with Crippen molar-refractivity contribution in [1.82, 2.24) is 0 Å². The zero-order chi connectivity index (χ0) is 19.5. The fourth-order valence-electron chi connectivity index (χ4n) is 2.85. The van der Waals surface area contributed by atoms with Gasteiger partial charge in [-0.1, -0.05) is 78.1 Å². The van der Waals surface area contributed by atoms with E-state index in [4.69, 9.17) is 9.47 Å². The van der Waals surface area contributed by atoms with Crippen LogP contribution in [-0.4, -0.2) is 24.6 Å². The number of esters is 2. The Labute approximate surface area is 161 Å². The summed E-state index contributed by atoms with van der Waals surface area (Å²) in [4.78, 5) is 23.4. The molecule has 0 aliphatic carbocycles. The van der Waals surface area contributed by atoms with Crippen LogP contribution in [0.1, 0.15) is 117 Å². The summed E-state index contributed by atoms with van der Waals surface area (Å²) >= 11 is 0. The Balaban J connectivity index is 3.49. The number of ether oxygens (including phenoxy) is 2. The van der Waals surface area contributed by atoms with Gasteiger partial charge in [0, 0.05) is 19.3 Å². The van der Waals surface area contributed by atoms with E-state index in [1.807, 2.05) is 6.92 Å². The van der Waals surface area contributed by atoms with Gasteiger partial charge in [-0.2, -0.15) is 0 Å². The normalized spacial score (nSPS) is 12.0. The van der Waals surface area contributed by atoms with E-state index < -0.39 is 0 Å². The van der Waals surface area contributed by atoms with Gasteiger partial charge in [0.25, 0.3) is 0 Å². The van der Waals surface area contributed by atoms with Gasteiger partial charge in [0.2, 0.25) is 0 Å². The number of carbonyl (C=O) groups is 2. The van der Waals surface area contributed by atoms with E-state index in [0.717, 1.165) is 25.7 Å². The number of hydrogen-bond acceptors (Lipinski definition) is 4. The van der Waals surface area contributed by atoms with Crippen molar-refractivity contribution in [2.75, 3.05) is 6.61 Å². The average molecular weight is 371 g/mol. The topological polar surface area (TPSA) is 52.6 Å². The van der Waals surface area contributed by atoms with Crippen LogP contribution < -0.4 is 0 Å². The number of rotatable bonds is 18. The van der Waals surface area contributed by atoms with Crippen LogP contribution in [-0.2, 0) is 19.1 Å². The molecular formula is C22H42O4. The molecule has 0 aliphatic heterocycles. The zero-order valence-corrected chi connectivity index (χ0v) is 17.5. The lowest BCUT2D eigenvalue weighted by Crippen LogP contribution is -2.18. The van der Waals surface area contributed by atoms with Crippen molar-refractivity contribution < 1.29 is 19.1 Å². The number of unbranched alkanes of at least 4 members (excludes halogenated alkanes) is 10.